The Morgan fingerprint density at radius 2 is 1.74 bits per heavy atom. The van der Waals surface area contributed by atoms with Crippen molar-refractivity contribution in [2.75, 3.05) is 24.4 Å². The minimum Gasteiger partial charge on any atom is -0.490 e. The summed E-state index contributed by atoms with van der Waals surface area (Å²) in [5.41, 5.74) is 6.30. The number of amides is 1. The molecule has 1 aliphatic heterocycles. The standard InChI is InChI=1S/C26H27N3O5/c1-15(14-30)4-5-17-11-23-22(10-16(17)2)28-26(31)20-8-6-18(12-21(20)27-23)19-7-9-24(29(32)33)25(13-19)34-3/h6-13,15,27,30H,4-5,14H2,1-3H3,(H,28,31). The Morgan fingerprint density at radius 1 is 1.03 bits per heavy atom. The second kappa shape index (κ2) is 9.52. The second-order valence-electron chi connectivity index (χ2n) is 8.63. The largest absolute Gasteiger partial charge is 0.490 e. The second-order valence-corrected chi connectivity index (χ2v) is 8.63. The normalized spacial score (nSPS) is 13.1. The number of carbonyl (C=O) groups is 1. The summed E-state index contributed by atoms with van der Waals surface area (Å²) in [6.07, 6.45) is 1.69. The number of ether oxygens (including phenoxy) is 1. The molecule has 3 N–H and O–H groups in total. The number of nitrogens with one attached hydrogen (secondary N) is 2. The number of carbonyl (C=O) groups excluding carboxylic acids is 1. The fourth-order valence-corrected chi connectivity index (χ4v) is 4.09. The number of nitro benzene ring substituents is 1. The Kier molecular flexibility index (Phi) is 6.51. The topological polar surface area (TPSA) is 114 Å². The van der Waals surface area contributed by atoms with Gasteiger partial charge in [0.05, 0.1) is 34.7 Å². The van der Waals surface area contributed by atoms with Gasteiger partial charge in [0.15, 0.2) is 5.75 Å². The van der Waals surface area contributed by atoms with Crippen molar-refractivity contribution in [3.63, 3.8) is 0 Å². The van der Waals surface area contributed by atoms with Crippen LogP contribution in [0.25, 0.3) is 11.1 Å². The van der Waals surface area contributed by atoms with Gasteiger partial charge < -0.3 is 20.5 Å². The Labute approximate surface area is 197 Å². The summed E-state index contributed by atoms with van der Waals surface area (Å²) in [4.78, 5) is 23.7. The van der Waals surface area contributed by atoms with Gasteiger partial charge in [0.2, 0.25) is 0 Å². The molecule has 1 aliphatic rings. The third kappa shape index (κ3) is 4.58. The molecule has 1 amide bonds. The van der Waals surface area contributed by atoms with Crippen molar-refractivity contribution in [1.82, 2.24) is 0 Å². The van der Waals surface area contributed by atoms with Crippen molar-refractivity contribution in [3.05, 3.63) is 75.3 Å². The minimum atomic E-state index is -0.483. The van der Waals surface area contributed by atoms with Gasteiger partial charge in [-0.05, 0) is 84.3 Å². The van der Waals surface area contributed by atoms with Gasteiger partial charge in [-0.1, -0.05) is 13.0 Å². The lowest BCUT2D eigenvalue weighted by atomic mass is 9.97. The SMILES string of the molecule is COc1cc(-c2ccc3c(c2)Nc2cc(CCC(C)CO)c(C)cc2NC3=O)ccc1[N+](=O)[O-]. The lowest BCUT2D eigenvalue weighted by Gasteiger charge is -2.15. The van der Waals surface area contributed by atoms with E-state index in [0.717, 1.165) is 40.8 Å². The highest BCUT2D eigenvalue weighted by Crippen LogP contribution is 2.38. The quantitative estimate of drug-likeness (QED) is 0.318. The van der Waals surface area contributed by atoms with Gasteiger partial charge in [0, 0.05) is 12.7 Å². The first-order valence-electron chi connectivity index (χ1n) is 11.1. The van der Waals surface area contributed by atoms with Gasteiger partial charge >= 0.3 is 5.69 Å². The minimum absolute atomic E-state index is 0.106. The van der Waals surface area contributed by atoms with E-state index in [9.17, 15) is 20.0 Å². The highest BCUT2D eigenvalue weighted by atomic mass is 16.6. The highest BCUT2D eigenvalue weighted by Gasteiger charge is 2.22. The zero-order valence-corrected chi connectivity index (χ0v) is 19.3. The molecule has 3 aromatic carbocycles. The maximum Gasteiger partial charge on any atom is 0.310 e. The molecule has 1 unspecified atom stereocenters. The van der Waals surface area contributed by atoms with E-state index in [1.807, 2.05) is 38.1 Å². The molecule has 0 bridgehead atoms. The van der Waals surface area contributed by atoms with Crippen molar-refractivity contribution in [2.24, 2.45) is 5.92 Å². The zero-order valence-electron chi connectivity index (χ0n) is 19.3. The first kappa shape index (κ1) is 23.3. The summed E-state index contributed by atoms with van der Waals surface area (Å²) in [5.74, 6) is 0.175. The molecule has 8 nitrogen and oxygen atoms in total. The molecule has 0 saturated heterocycles. The van der Waals surface area contributed by atoms with Crippen LogP contribution in [0.2, 0.25) is 0 Å². The molecule has 176 valence electrons. The van der Waals surface area contributed by atoms with Gasteiger partial charge in [-0.25, -0.2) is 0 Å². The molecular formula is C26H27N3O5. The van der Waals surface area contributed by atoms with E-state index in [2.05, 4.69) is 10.6 Å². The number of nitrogens with zero attached hydrogens (tertiary/aromatic N) is 1. The molecule has 4 rings (SSSR count). The van der Waals surface area contributed by atoms with E-state index in [4.69, 9.17) is 4.74 Å². The number of aliphatic hydroxyl groups is 1. The predicted octanol–water partition coefficient (Wildman–Crippen LogP) is 5.45. The smallest absolute Gasteiger partial charge is 0.310 e. The number of fused-ring (bicyclic) bond motifs is 2. The lowest BCUT2D eigenvalue weighted by Crippen LogP contribution is -2.11. The predicted molar refractivity (Wildman–Crippen MR) is 132 cm³/mol. The van der Waals surface area contributed by atoms with Crippen molar-refractivity contribution in [3.8, 4) is 16.9 Å². The number of rotatable bonds is 7. The molecular weight excluding hydrogens is 434 g/mol. The van der Waals surface area contributed by atoms with Crippen molar-refractivity contribution < 1.29 is 19.6 Å². The van der Waals surface area contributed by atoms with Crippen LogP contribution in [0.4, 0.5) is 22.7 Å². The van der Waals surface area contributed by atoms with E-state index in [-0.39, 0.29) is 29.9 Å². The fourth-order valence-electron chi connectivity index (χ4n) is 4.09. The average molecular weight is 462 g/mol. The Balaban J connectivity index is 1.71. The Hall–Kier alpha value is -3.91. The van der Waals surface area contributed by atoms with E-state index >= 15 is 0 Å². The Bertz CT molecular complexity index is 1270. The monoisotopic (exact) mass is 461 g/mol. The van der Waals surface area contributed by atoms with Crippen molar-refractivity contribution >= 4 is 28.7 Å². The average Bonchev–Trinajstić information content (AvgIpc) is 2.96. The summed E-state index contributed by atoms with van der Waals surface area (Å²) in [6.45, 7) is 4.19. The van der Waals surface area contributed by atoms with Crippen molar-refractivity contribution in [1.29, 1.82) is 0 Å². The number of hydrogen-bond donors (Lipinski definition) is 3. The van der Waals surface area contributed by atoms with Gasteiger partial charge in [-0.3, -0.25) is 14.9 Å². The molecule has 3 aromatic rings. The van der Waals surface area contributed by atoms with Crippen LogP contribution < -0.4 is 15.4 Å². The van der Waals surface area contributed by atoms with Crippen LogP contribution in [0.1, 0.15) is 34.8 Å². The molecule has 0 radical (unpaired) electrons. The van der Waals surface area contributed by atoms with Gasteiger partial charge in [0.25, 0.3) is 5.91 Å². The van der Waals surface area contributed by atoms with Crippen LogP contribution in [0.5, 0.6) is 5.75 Å². The maximum absolute atomic E-state index is 12.9. The van der Waals surface area contributed by atoms with E-state index in [1.54, 1.807) is 18.2 Å². The first-order chi connectivity index (χ1) is 16.3. The lowest BCUT2D eigenvalue weighted by molar-refractivity contribution is -0.385. The number of anilines is 3. The number of methoxy groups -OCH3 is 1. The van der Waals surface area contributed by atoms with Crippen LogP contribution in [0.3, 0.4) is 0 Å². The molecule has 34 heavy (non-hydrogen) atoms. The Morgan fingerprint density at radius 3 is 2.44 bits per heavy atom. The van der Waals surface area contributed by atoms with Crippen LogP contribution in [-0.4, -0.2) is 29.7 Å². The molecule has 0 spiro atoms. The maximum atomic E-state index is 12.9. The van der Waals surface area contributed by atoms with Crippen LogP contribution >= 0.6 is 0 Å². The molecule has 1 heterocycles. The summed E-state index contributed by atoms with van der Waals surface area (Å²) < 4.78 is 5.20. The summed E-state index contributed by atoms with van der Waals surface area (Å²) in [5, 5.41) is 26.9. The van der Waals surface area contributed by atoms with Gasteiger partial charge in [-0.2, -0.15) is 0 Å². The third-order valence-corrected chi connectivity index (χ3v) is 6.19. The van der Waals surface area contributed by atoms with E-state index in [1.165, 1.54) is 13.2 Å². The highest BCUT2D eigenvalue weighted by molar-refractivity contribution is 6.12. The molecule has 8 heteroatoms. The van der Waals surface area contributed by atoms with Gasteiger partial charge in [-0.15, -0.1) is 0 Å². The summed E-state index contributed by atoms with van der Waals surface area (Å²) in [7, 11) is 1.40. The first-order valence-corrected chi connectivity index (χ1v) is 11.1. The molecule has 0 aromatic heterocycles. The van der Waals surface area contributed by atoms with Crippen LogP contribution in [-0.2, 0) is 6.42 Å². The molecule has 0 aliphatic carbocycles. The number of aryl methyl sites for hydroxylation is 2. The number of hydrogen-bond acceptors (Lipinski definition) is 6. The van der Waals surface area contributed by atoms with Crippen LogP contribution in [0.15, 0.2) is 48.5 Å². The van der Waals surface area contributed by atoms with Gasteiger partial charge in [0.1, 0.15) is 0 Å². The fraction of sp³-hybridized carbons (Fsp3) is 0.269. The number of aliphatic hydroxyl groups excluding tert-OH is 1. The molecule has 0 saturated carbocycles. The summed E-state index contributed by atoms with van der Waals surface area (Å²) >= 11 is 0. The summed E-state index contributed by atoms with van der Waals surface area (Å²) in [6, 6.07) is 14.1. The van der Waals surface area contributed by atoms with E-state index < -0.39 is 4.92 Å². The molecule has 0 fully saturated rings. The van der Waals surface area contributed by atoms with Crippen LogP contribution in [0, 0.1) is 23.0 Å². The van der Waals surface area contributed by atoms with E-state index in [0.29, 0.717) is 16.9 Å². The number of nitro groups is 1. The number of benzene rings is 3. The third-order valence-electron chi connectivity index (χ3n) is 6.19. The molecule has 1 atom stereocenters. The van der Waals surface area contributed by atoms with Crippen molar-refractivity contribution in [2.45, 2.75) is 26.7 Å². The zero-order chi connectivity index (χ0) is 24.4.